The van der Waals surface area contributed by atoms with E-state index in [0.29, 0.717) is 12.5 Å². The van der Waals surface area contributed by atoms with Crippen LogP contribution in [-0.2, 0) is 4.79 Å². The van der Waals surface area contributed by atoms with Crippen molar-refractivity contribution in [2.24, 2.45) is 0 Å². The van der Waals surface area contributed by atoms with Crippen molar-refractivity contribution in [3.63, 3.8) is 0 Å². The van der Waals surface area contributed by atoms with Crippen molar-refractivity contribution in [2.75, 3.05) is 30.3 Å². The lowest BCUT2D eigenvalue weighted by atomic mass is 9.93. The van der Waals surface area contributed by atoms with Gasteiger partial charge in [-0.25, -0.2) is 9.97 Å². The van der Waals surface area contributed by atoms with E-state index in [9.17, 15) is 4.79 Å². The molecule has 0 aliphatic carbocycles. The lowest BCUT2D eigenvalue weighted by molar-refractivity contribution is -0.117. The van der Waals surface area contributed by atoms with Gasteiger partial charge >= 0.3 is 0 Å². The fourth-order valence-electron chi connectivity index (χ4n) is 3.63. The molecule has 0 atom stereocenters. The predicted octanol–water partition coefficient (Wildman–Crippen LogP) is 4.04. The number of para-hydroxylation sites is 1. The SMILES string of the molecule is O=C(CN1CCC(c2cccc(Nc3ccccn3)n2)CC1)Nc1ccccc1. The highest BCUT2D eigenvalue weighted by atomic mass is 16.2. The second kappa shape index (κ2) is 9.30. The molecule has 1 aromatic carbocycles. The molecule has 0 bridgehead atoms. The summed E-state index contributed by atoms with van der Waals surface area (Å²) in [5, 5.41) is 6.21. The zero-order valence-corrected chi connectivity index (χ0v) is 16.3. The number of piperidine rings is 1. The molecule has 1 fully saturated rings. The van der Waals surface area contributed by atoms with Gasteiger partial charge in [0.15, 0.2) is 0 Å². The molecule has 148 valence electrons. The first-order chi connectivity index (χ1) is 14.3. The van der Waals surface area contributed by atoms with E-state index in [-0.39, 0.29) is 5.91 Å². The van der Waals surface area contributed by atoms with Crippen LogP contribution in [0.4, 0.5) is 17.3 Å². The molecule has 29 heavy (non-hydrogen) atoms. The number of anilines is 3. The van der Waals surface area contributed by atoms with Gasteiger partial charge in [-0.1, -0.05) is 30.3 Å². The van der Waals surface area contributed by atoms with Crippen LogP contribution < -0.4 is 10.6 Å². The summed E-state index contributed by atoms with van der Waals surface area (Å²) in [6.07, 6.45) is 3.76. The monoisotopic (exact) mass is 387 g/mol. The van der Waals surface area contributed by atoms with Crippen molar-refractivity contribution >= 4 is 23.2 Å². The molecule has 1 aliphatic heterocycles. The first kappa shape index (κ1) is 19.1. The lowest BCUT2D eigenvalue weighted by Gasteiger charge is -2.31. The van der Waals surface area contributed by atoms with Gasteiger partial charge in [-0.3, -0.25) is 9.69 Å². The average molecular weight is 387 g/mol. The molecule has 6 nitrogen and oxygen atoms in total. The summed E-state index contributed by atoms with van der Waals surface area (Å²) in [6.45, 7) is 2.22. The number of aromatic nitrogens is 2. The molecule has 0 spiro atoms. The maximum Gasteiger partial charge on any atom is 0.238 e. The highest BCUT2D eigenvalue weighted by molar-refractivity contribution is 5.92. The van der Waals surface area contributed by atoms with Crippen LogP contribution in [0.5, 0.6) is 0 Å². The minimum absolute atomic E-state index is 0.0364. The molecule has 6 heteroatoms. The quantitative estimate of drug-likeness (QED) is 0.668. The van der Waals surface area contributed by atoms with Crippen LogP contribution in [0.25, 0.3) is 0 Å². The van der Waals surface area contributed by atoms with Crippen LogP contribution in [0.2, 0.25) is 0 Å². The summed E-state index contributed by atoms with van der Waals surface area (Å²) in [5.41, 5.74) is 1.94. The van der Waals surface area contributed by atoms with Crippen molar-refractivity contribution in [1.82, 2.24) is 14.9 Å². The number of nitrogens with one attached hydrogen (secondary N) is 2. The fraction of sp³-hybridized carbons (Fsp3) is 0.261. The van der Waals surface area contributed by atoms with Gasteiger partial charge in [0.05, 0.1) is 6.54 Å². The Bertz CT molecular complexity index is 924. The van der Waals surface area contributed by atoms with Crippen molar-refractivity contribution in [3.05, 3.63) is 78.6 Å². The number of hydrogen-bond acceptors (Lipinski definition) is 5. The molecule has 2 N–H and O–H groups in total. The van der Waals surface area contributed by atoms with Gasteiger partial charge in [-0.05, 0) is 62.3 Å². The smallest absolute Gasteiger partial charge is 0.238 e. The van der Waals surface area contributed by atoms with E-state index in [1.165, 1.54) is 0 Å². The van der Waals surface area contributed by atoms with Gasteiger partial charge in [-0.2, -0.15) is 0 Å². The summed E-state index contributed by atoms with van der Waals surface area (Å²) in [6, 6.07) is 21.4. The number of carbonyl (C=O) groups is 1. The van der Waals surface area contributed by atoms with E-state index >= 15 is 0 Å². The molecule has 1 amide bonds. The maximum atomic E-state index is 12.3. The van der Waals surface area contributed by atoms with E-state index in [1.54, 1.807) is 6.20 Å². The van der Waals surface area contributed by atoms with Crippen LogP contribution in [0, 0.1) is 0 Å². The minimum atomic E-state index is 0.0364. The van der Waals surface area contributed by atoms with Crippen molar-refractivity contribution in [1.29, 1.82) is 0 Å². The fourth-order valence-corrected chi connectivity index (χ4v) is 3.63. The Kier molecular flexibility index (Phi) is 6.12. The molecule has 2 aromatic heterocycles. The Morgan fingerprint density at radius 3 is 2.45 bits per heavy atom. The van der Waals surface area contributed by atoms with Gasteiger partial charge < -0.3 is 10.6 Å². The Balaban J connectivity index is 1.29. The lowest BCUT2D eigenvalue weighted by Crippen LogP contribution is -2.38. The Labute approximate surface area is 171 Å². The van der Waals surface area contributed by atoms with Crippen LogP contribution in [0.1, 0.15) is 24.5 Å². The van der Waals surface area contributed by atoms with Crippen LogP contribution in [0.15, 0.2) is 72.9 Å². The molecule has 0 saturated carbocycles. The second-order valence-corrected chi connectivity index (χ2v) is 7.25. The number of pyridine rings is 2. The molecule has 0 radical (unpaired) electrons. The van der Waals surface area contributed by atoms with Crippen molar-refractivity contribution in [2.45, 2.75) is 18.8 Å². The average Bonchev–Trinajstić information content (AvgIpc) is 2.76. The molecule has 0 unspecified atom stereocenters. The van der Waals surface area contributed by atoms with Gasteiger partial charge in [0.25, 0.3) is 0 Å². The van der Waals surface area contributed by atoms with Crippen LogP contribution >= 0.6 is 0 Å². The number of carbonyl (C=O) groups excluding carboxylic acids is 1. The number of rotatable bonds is 6. The summed E-state index contributed by atoms with van der Waals surface area (Å²) in [5.74, 6) is 2.05. The first-order valence-electron chi connectivity index (χ1n) is 9.98. The highest BCUT2D eigenvalue weighted by Crippen LogP contribution is 2.27. The summed E-state index contributed by atoms with van der Waals surface area (Å²) >= 11 is 0. The minimum Gasteiger partial charge on any atom is -0.325 e. The van der Waals surface area contributed by atoms with E-state index in [0.717, 1.165) is 48.9 Å². The predicted molar refractivity (Wildman–Crippen MR) is 115 cm³/mol. The standard InChI is InChI=1S/C23H25N5O/c29-23(25-19-7-2-1-3-8-19)17-28-15-12-18(13-16-28)20-9-6-11-22(26-20)27-21-10-4-5-14-24-21/h1-11,14,18H,12-13,15-17H2,(H,25,29)(H,24,26,27). The zero-order valence-electron chi connectivity index (χ0n) is 16.3. The molecule has 3 heterocycles. The first-order valence-corrected chi connectivity index (χ1v) is 9.98. The summed E-state index contributed by atoms with van der Waals surface area (Å²) in [4.78, 5) is 23.6. The molecule has 1 saturated heterocycles. The third-order valence-electron chi connectivity index (χ3n) is 5.12. The Morgan fingerprint density at radius 2 is 1.69 bits per heavy atom. The van der Waals surface area contributed by atoms with Crippen molar-refractivity contribution in [3.8, 4) is 0 Å². The number of likely N-dealkylation sites (tertiary alicyclic amines) is 1. The number of hydrogen-bond donors (Lipinski definition) is 2. The van der Waals surface area contributed by atoms with E-state index in [1.807, 2.05) is 60.7 Å². The van der Waals surface area contributed by atoms with E-state index in [4.69, 9.17) is 4.98 Å². The second-order valence-electron chi connectivity index (χ2n) is 7.25. The number of nitrogens with zero attached hydrogens (tertiary/aromatic N) is 3. The zero-order chi connectivity index (χ0) is 19.9. The van der Waals surface area contributed by atoms with Crippen LogP contribution in [-0.4, -0.2) is 40.4 Å². The third kappa shape index (κ3) is 5.39. The number of amides is 1. The summed E-state index contributed by atoms with van der Waals surface area (Å²) in [7, 11) is 0. The molecular formula is C23H25N5O. The van der Waals surface area contributed by atoms with E-state index < -0.39 is 0 Å². The third-order valence-corrected chi connectivity index (χ3v) is 5.12. The Morgan fingerprint density at radius 1 is 0.931 bits per heavy atom. The number of benzene rings is 1. The van der Waals surface area contributed by atoms with Gasteiger partial charge in [-0.15, -0.1) is 0 Å². The van der Waals surface area contributed by atoms with E-state index in [2.05, 4.69) is 26.6 Å². The maximum absolute atomic E-state index is 12.3. The molecule has 4 rings (SSSR count). The Hall–Kier alpha value is -3.25. The topological polar surface area (TPSA) is 70.2 Å². The largest absolute Gasteiger partial charge is 0.325 e. The summed E-state index contributed by atoms with van der Waals surface area (Å²) < 4.78 is 0. The molecular weight excluding hydrogens is 362 g/mol. The van der Waals surface area contributed by atoms with Gasteiger partial charge in [0.2, 0.25) is 5.91 Å². The van der Waals surface area contributed by atoms with Gasteiger partial charge in [0, 0.05) is 23.5 Å². The van der Waals surface area contributed by atoms with Crippen LogP contribution in [0.3, 0.4) is 0 Å². The highest BCUT2D eigenvalue weighted by Gasteiger charge is 2.23. The normalized spacial score (nSPS) is 15.0. The van der Waals surface area contributed by atoms with Crippen molar-refractivity contribution < 1.29 is 4.79 Å². The van der Waals surface area contributed by atoms with Gasteiger partial charge in [0.1, 0.15) is 11.6 Å². The molecule has 1 aliphatic rings. The molecule has 3 aromatic rings.